The summed E-state index contributed by atoms with van der Waals surface area (Å²) in [5, 5.41) is 8.90. The predicted molar refractivity (Wildman–Crippen MR) is 114 cm³/mol. The fourth-order valence-corrected chi connectivity index (χ4v) is 5.25. The number of benzene rings is 1. The van der Waals surface area contributed by atoms with E-state index in [1.165, 1.54) is 82.6 Å². The Hall–Kier alpha value is -1.55. The molecular weight excluding hydrogens is 326 g/mol. The van der Waals surface area contributed by atoms with Gasteiger partial charge in [0.25, 0.3) is 0 Å². The minimum Gasteiger partial charge on any atom is -0.192 e. The summed E-state index contributed by atoms with van der Waals surface area (Å²) in [7, 11) is 0. The summed E-state index contributed by atoms with van der Waals surface area (Å²) in [5.74, 6) is 3.00. The third kappa shape index (κ3) is 6.24. The average molecular weight is 364 g/mol. The molecule has 2 aliphatic rings. The van der Waals surface area contributed by atoms with E-state index in [0.717, 1.165) is 29.7 Å². The van der Waals surface area contributed by atoms with Crippen molar-refractivity contribution in [1.82, 2.24) is 0 Å². The lowest BCUT2D eigenvalue weighted by Crippen LogP contribution is -2.23. The molecule has 0 aromatic heterocycles. The number of rotatable bonds is 8. The van der Waals surface area contributed by atoms with E-state index in [4.69, 9.17) is 5.26 Å². The second-order valence-electron chi connectivity index (χ2n) is 8.98. The summed E-state index contributed by atoms with van der Waals surface area (Å²) in [5.41, 5.74) is 3.79. The molecule has 0 heterocycles. The van der Waals surface area contributed by atoms with E-state index in [9.17, 15) is 0 Å². The third-order valence-electron chi connectivity index (χ3n) is 7.14. The molecule has 2 aliphatic carbocycles. The molecule has 0 bridgehead atoms. The highest BCUT2D eigenvalue weighted by molar-refractivity contribution is 5.32. The van der Waals surface area contributed by atoms with Crippen molar-refractivity contribution in [2.45, 2.75) is 90.4 Å². The van der Waals surface area contributed by atoms with Gasteiger partial charge in [-0.3, -0.25) is 0 Å². The molecule has 1 fully saturated rings. The minimum atomic E-state index is 0.763. The maximum Gasteiger partial charge on any atom is 0.0991 e. The molecule has 146 valence electrons. The van der Waals surface area contributed by atoms with Gasteiger partial charge in [-0.1, -0.05) is 69.2 Å². The standard InChI is InChI=1S/C26H37N/c1-2-3-4-5-21-12-16-25(17-13-21)26-18-14-23(15-19-26)7-6-22-8-10-24(20-27)11-9-22/h8-11,14,21,25-26H,2-7,12-13,15-19H2,1H3/t21-,25-,26?. The number of nitriles is 1. The van der Waals surface area contributed by atoms with Crippen molar-refractivity contribution in [3.8, 4) is 6.07 Å². The Morgan fingerprint density at radius 2 is 1.70 bits per heavy atom. The summed E-state index contributed by atoms with van der Waals surface area (Å²) in [6.07, 6.45) is 20.7. The molecule has 1 atom stereocenters. The van der Waals surface area contributed by atoms with E-state index in [2.05, 4.69) is 31.2 Å². The van der Waals surface area contributed by atoms with Crippen LogP contribution in [-0.4, -0.2) is 0 Å². The zero-order valence-corrected chi connectivity index (χ0v) is 17.3. The van der Waals surface area contributed by atoms with Gasteiger partial charge in [0.05, 0.1) is 11.6 Å². The van der Waals surface area contributed by atoms with Crippen molar-refractivity contribution in [3.05, 3.63) is 47.0 Å². The van der Waals surface area contributed by atoms with E-state index < -0.39 is 0 Å². The maximum absolute atomic E-state index is 8.90. The number of nitrogens with zero attached hydrogens (tertiary/aromatic N) is 1. The van der Waals surface area contributed by atoms with Gasteiger partial charge in [-0.05, 0) is 80.4 Å². The zero-order chi connectivity index (χ0) is 18.9. The molecular formula is C26H37N. The molecule has 1 unspecified atom stereocenters. The first-order valence-electron chi connectivity index (χ1n) is 11.5. The van der Waals surface area contributed by atoms with Crippen LogP contribution in [-0.2, 0) is 6.42 Å². The van der Waals surface area contributed by atoms with Gasteiger partial charge in [0, 0.05) is 0 Å². The minimum absolute atomic E-state index is 0.763. The van der Waals surface area contributed by atoms with Crippen LogP contribution in [0.15, 0.2) is 35.9 Å². The van der Waals surface area contributed by atoms with Gasteiger partial charge in [-0.2, -0.15) is 5.26 Å². The highest BCUT2D eigenvalue weighted by atomic mass is 14.3. The third-order valence-corrected chi connectivity index (χ3v) is 7.14. The normalized spacial score (nSPS) is 25.6. The Morgan fingerprint density at radius 1 is 0.926 bits per heavy atom. The van der Waals surface area contributed by atoms with Gasteiger partial charge in [-0.25, -0.2) is 0 Å². The van der Waals surface area contributed by atoms with Crippen LogP contribution in [0.5, 0.6) is 0 Å². The molecule has 27 heavy (non-hydrogen) atoms. The second-order valence-corrected chi connectivity index (χ2v) is 8.98. The number of hydrogen-bond donors (Lipinski definition) is 0. The number of hydrogen-bond acceptors (Lipinski definition) is 1. The first-order chi connectivity index (χ1) is 13.3. The van der Waals surface area contributed by atoms with Crippen molar-refractivity contribution in [2.75, 3.05) is 0 Å². The Bertz CT molecular complexity index is 625. The van der Waals surface area contributed by atoms with Crippen LogP contribution < -0.4 is 0 Å². The Labute approximate surface area is 166 Å². The fraction of sp³-hybridized carbons (Fsp3) is 0.654. The molecule has 1 aromatic carbocycles. The number of unbranched alkanes of at least 4 members (excludes halogenated alkanes) is 2. The SMILES string of the molecule is CCCCC[C@H]1CC[C@H](C2CC=C(CCc3ccc(C#N)cc3)CC2)CC1. The first-order valence-corrected chi connectivity index (χ1v) is 11.5. The van der Waals surface area contributed by atoms with Gasteiger partial charge in [0.2, 0.25) is 0 Å². The fourth-order valence-electron chi connectivity index (χ4n) is 5.25. The van der Waals surface area contributed by atoms with Crippen molar-refractivity contribution in [2.24, 2.45) is 17.8 Å². The smallest absolute Gasteiger partial charge is 0.0991 e. The van der Waals surface area contributed by atoms with Crippen LogP contribution in [0.3, 0.4) is 0 Å². The zero-order valence-electron chi connectivity index (χ0n) is 17.3. The predicted octanol–water partition coefficient (Wildman–Crippen LogP) is 7.60. The quantitative estimate of drug-likeness (QED) is 0.344. The van der Waals surface area contributed by atoms with E-state index in [-0.39, 0.29) is 0 Å². The van der Waals surface area contributed by atoms with Crippen LogP contribution >= 0.6 is 0 Å². The van der Waals surface area contributed by atoms with Gasteiger partial charge in [0.1, 0.15) is 0 Å². The van der Waals surface area contributed by atoms with Crippen LogP contribution in [0.2, 0.25) is 0 Å². The number of aryl methyl sites for hydroxylation is 1. The lowest BCUT2D eigenvalue weighted by atomic mass is 9.70. The largest absolute Gasteiger partial charge is 0.192 e. The van der Waals surface area contributed by atoms with E-state index in [1.807, 2.05) is 12.1 Å². The van der Waals surface area contributed by atoms with Crippen molar-refractivity contribution >= 4 is 0 Å². The van der Waals surface area contributed by atoms with Crippen LogP contribution in [0, 0.1) is 29.1 Å². The summed E-state index contributed by atoms with van der Waals surface area (Å²) < 4.78 is 0. The Morgan fingerprint density at radius 3 is 2.33 bits per heavy atom. The monoisotopic (exact) mass is 363 g/mol. The van der Waals surface area contributed by atoms with Crippen LogP contribution in [0.4, 0.5) is 0 Å². The Balaban J connectivity index is 1.37. The van der Waals surface area contributed by atoms with Crippen LogP contribution in [0.1, 0.15) is 95.1 Å². The molecule has 1 heteroatoms. The summed E-state index contributed by atoms with van der Waals surface area (Å²) in [6, 6.07) is 10.3. The highest BCUT2D eigenvalue weighted by Crippen LogP contribution is 2.41. The van der Waals surface area contributed by atoms with E-state index >= 15 is 0 Å². The molecule has 0 amide bonds. The van der Waals surface area contributed by atoms with Gasteiger partial charge in [-0.15, -0.1) is 0 Å². The lowest BCUT2D eigenvalue weighted by Gasteiger charge is -2.35. The van der Waals surface area contributed by atoms with Crippen LogP contribution in [0.25, 0.3) is 0 Å². The second kappa shape index (κ2) is 10.7. The molecule has 0 radical (unpaired) electrons. The molecule has 0 aliphatic heterocycles. The summed E-state index contributed by atoms with van der Waals surface area (Å²) >= 11 is 0. The molecule has 0 spiro atoms. The topological polar surface area (TPSA) is 23.8 Å². The molecule has 3 rings (SSSR count). The lowest BCUT2D eigenvalue weighted by molar-refractivity contribution is 0.185. The van der Waals surface area contributed by atoms with E-state index in [1.54, 1.807) is 5.57 Å². The van der Waals surface area contributed by atoms with Crippen molar-refractivity contribution in [1.29, 1.82) is 5.26 Å². The summed E-state index contributed by atoms with van der Waals surface area (Å²) in [6.45, 7) is 2.31. The van der Waals surface area contributed by atoms with Crippen molar-refractivity contribution < 1.29 is 0 Å². The average Bonchev–Trinajstić information content (AvgIpc) is 2.74. The van der Waals surface area contributed by atoms with Crippen molar-refractivity contribution in [3.63, 3.8) is 0 Å². The van der Waals surface area contributed by atoms with Gasteiger partial charge in [0.15, 0.2) is 0 Å². The Kier molecular flexibility index (Phi) is 8.00. The molecule has 1 saturated carbocycles. The molecule has 1 aromatic rings. The van der Waals surface area contributed by atoms with Gasteiger partial charge < -0.3 is 0 Å². The molecule has 0 N–H and O–H groups in total. The first kappa shape index (κ1) is 20.2. The van der Waals surface area contributed by atoms with E-state index in [0.29, 0.717) is 0 Å². The highest BCUT2D eigenvalue weighted by Gasteiger charge is 2.28. The molecule has 0 saturated heterocycles. The van der Waals surface area contributed by atoms with Gasteiger partial charge >= 0.3 is 0 Å². The summed E-state index contributed by atoms with van der Waals surface area (Å²) in [4.78, 5) is 0. The number of allylic oxidation sites excluding steroid dienone is 2. The maximum atomic E-state index is 8.90. The molecule has 1 nitrogen and oxygen atoms in total.